The molecule has 0 atom stereocenters. The van der Waals surface area contributed by atoms with Crippen LogP contribution >= 0.6 is 0 Å². The molecular formula is C11H19N7. The molecule has 0 fully saturated rings. The average Bonchev–Trinajstić information content (AvgIpc) is 2.85. The van der Waals surface area contributed by atoms with Gasteiger partial charge in [-0.1, -0.05) is 5.21 Å². The fourth-order valence-corrected chi connectivity index (χ4v) is 1.63. The maximum absolute atomic E-state index is 5.97. The highest BCUT2D eigenvalue weighted by atomic mass is 15.4. The van der Waals surface area contributed by atoms with Gasteiger partial charge in [-0.3, -0.25) is 0 Å². The molecule has 0 aliphatic carbocycles. The highest BCUT2D eigenvalue weighted by molar-refractivity contribution is 5.06. The first-order chi connectivity index (χ1) is 8.38. The molecule has 7 nitrogen and oxygen atoms in total. The topological polar surface area (TPSA) is 87.4 Å². The lowest BCUT2D eigenvalue weighted by Gasteiger charge is -2.13. The van der Waals surface area contributed by atoms with Gasteiger partial charge in [0.25, 0.3) is 0 Å². The maximum atomic E-state index is 5.97. The van der Waals surface area contributed by atoms with Gasteiger partial charge in [0, 0.05) is 6.04 Å². The summed E-state index contributed by atoms with van der Waals surface area (Å²) in [6.45, 7) is 8.47. The van der Waals surface area contributed by atoms with E-state index in [4.69, 9.17) is 5.73 Å². The van der Waals surface area contributed by atoms with Crippen molar-refractivity contribution >= 4 is 0 Å². The van der Waals surface area contributed by atoms with E-state index >= 15 is 0 Å². The molecule has 2 heterocycles. The number of aromatic nitrogens is 6. The van der Waals surface area contributed by atoms with Gasteiger partial charge in [0.2, 0.25) is 0 Å². The molecule has 0 aliphatic heterocycles. The van der Waals surface area contributed by atoms with E-state index in [1.165, 1.54) is 0 Å². The smallest absolute Gasteiger partial charge is 0.148 e. The molecule has 2 rings (SSSR count). The second-order valence-corrected chi connectivity index (χ2v) is 5.24. The molecule has 2 aromatic rings. The third-order valence-electron chi connectivity index (χ3n) is 2.64. The highest BCUT2D eigenvalue weighted by Crippen LogP contribution is 2.13. The van der Waals surface area contributed by atoms with Crippen molar-refractivity contribution in [1.82, 2.24) is 29.8 Å². The lowest BCUT2D eigenvalue weighted by Crippen LogP contribution is -2.29. The summed E-state index contributed by atoms with van der Waals surface area (Å²) in [5.74, 6) is 0.858. The number of nitrogens with two attached hydrogens (primary N) is 1. The Balaban J connectivity index is 2.19. The Bertz CT molecular complexity index is 517. The van der Waals surface area contributed by atoms with Crippen molar-refractivity contribution in [2.45, 2.75) is 45.8 Å². The van der Waals surface area contributed by atoms with E-state index < -0.39 is 5.54 Å². The normalized spacial score (nSPS) is 12.3. The molecule has 0 spiro atoms. The van der Waals surface area contributed by atoms with Crippen LogP contribution in [-0.4, -0.2) is 29.8 Å². The van der Waals surface area contributed by atoms with E-state index in [0.717, 1.165) is 11.5 Å². The minimum Gasteiger partial charge on any atom is -0.320 e. The van der Waals surface area contributed by atoms with E-state index in [1.807, 2.05) is 24.7 Å². The second kappa shape index (κ2) is 4.49. The summed E-state index contributed by atoms with van der Waals surface area (Å²) in [4.78, 5) is 4.24. The third kappa shape index (κ3) is 2.56. The van der Waals surface area contributed by atoms with Gasteiger partial charge in [0.05, 0.1) is 11.7 Å². The van der Waals surface area contributed by atoms with Crippen LogP contribution in [0.4, 0.5) is 0 Å². The van der Waals surface area contributed by atoms with Crippen molar-refractivity contribution in [3.63, 3.8) is 0 Å². The third-order valence-corrected chi connectivity index (χ3v) is 2.64. The molecule has 0 saturated carbocycles. The Labute approximate surface area is 106 Å². The molecular weight excluding hydrogens is 230 g/mol. The predicted molar refractivity (Wildman–Crippen MR) is 66.7 cm³/mol. The van der Waals surface area contributed by atoms with Gasteiger partial charge in [-0.2, -0.15) is 5.10 Å². The molecule has 0 saturated heterocycles. The van der Waals surface area contributed by atoms with Crippen LogP contribution in [0.15, 0.2) is 12.5 Å². The Kier molecular flexibility index (Phi) is 3.16. The number of nitrogens with zero attached hydrogens (tertiary/aromatic N) is 6. The molecule has 2 N–H and O–H groups in total. The molecule has 0 aromatic carbocycles. The van der Waals surface area contributed by atoms with Gasteiger partial charge < -0.3 is 5.73 Å². The minimum atomic E-state index is -0.482. The maximum Gasteiger partial charge on any atom is 0.148 e. The van der Waals surface area contributed by atoms with E-state index in [-0.39, 0.29) is 6.04 Å². The van der Waals surface area contributed by atoms with Gasteiger partial charge in [-0.25, -0.2) is 14.3 Å². The fourth-order valence-electron chi connectivity index (χ4n) is 1.63. The monoisotopic (exact) mass is 249 g/mol. The summed E-state index contributed by atoms with van der Waals surface area (Å²) in [5.41, 5.74) is 6.25. The van der Waals surface area contributed by atoms with Crippen LogP contribution in [0.5, 0.6) is 0 Å². The number of hydrogen-bond acceptors (Lipinski definition) is 5. The summed E-state index contributed by atoms with van der Waals surface area (Å²) in [6, 6.07) is 0.274. The van der Waals surface area contributed by atoms with E-state index in [1.54, 1.807) is 11.0 Å². The van der Waals surface area contributed by atoms with Crippen molar-refractivity contribution in [3.05, 3.63) is 24.0 Å². The van der Waals surface area contributed by atoms with Gasteiger partial charge in [0.15, 0.2) is 0 Å². The van der Waals surface area contributed by atoms with Crippen molar-refractivity contribution in [3.8, 4) is 0 Å². The van der Waals surface area contributed by atoms with Crippen LogP contribution in [0.3, 0.4) is 0 Å². The predicted octanol–water partition coefficient (Wildman–Crippen LogP) is 0.693. The van der Waals surface area contributed by atoms with E-state index in [0.29, 0.717) is 6.54 Å². The van der Waals surface area contributed by atoms with Crippen LogP contribution in [0.1, 0.15) is 45.3 Å². The molecule has 0 amide bonds. The summed E-state index contributed by atoms with van der Waals surface area (Å²) in [5, 5.41) is 12.3. The van der Waals surface area contributed by atoms with Crippen molar-refractivity contribution in [2.75, 3.05) is 0 Å². The van der Waals surface area contributed by atoms with Crippen molar-refractivity contribution in [1.29, 1.82) is 0 Å². The number of hydrogen-bond donors (Lipinski definition) is 1. The van der Waals surface area contributed by atoms with Crippen LogP contribution in [-0.2, 0) is 12.1 Å². The summed E-state index contributed by atoms with van der Waals surface area (Å²) in [6.07, 6.45) is 3.40. The Morgan fingerprint density at radius 2 is 2.11 bits per heavy atom. The van der Waals surface area contributed by atoms with Crippen LogP contribution in [0.25, 0.3) is 0 Å². The lowest BCUT2D eigenvalue weighted by atomic mass is 10.0. The van der Waals surface area contributed by atoms with Crippen molar-refractivity contribution in [2.24, 2.45) is 5.73 Å². The van der Waals surface area contributed by atoms with Crippen LogP contribution < -0.4 is 5.73 Å². The van der Waals surface area contributed by atoms with Crippen LogP contribution in [0.2, 0.25) is 0 Å². The Morgan fingerprint density at radius 3 is 2.67 bits per heavy atom. The molecule has 98 valence electrons. The van der Waals surface area contributed by atoms with Gasteiger partial charge >= 0.3 is 0 Å². The van der Waals surface area contributed by atoms with Gasteiger partial charge in [-0.05, 0) is 27.7 Å². The molecule has 0 radical (unpaired) electrons. The summed E-state index contributed by atoms with van der Waals surface area (Å²) >= 11 is 0. The fraction of sp³-hybridized carbons (Fsp3) is 0.636. The van der Waals surface area contributed by atoms with Gasteiger partial charge in [0.1, 0.15) is 24.4 Å². The Morgan fingerprint density at radius 1 is 1.39 bits per heavy atom. The first-order valence-electron chi connectivity index (χ1n) is 5.96. The summed E-state index contributed by atoms with van der Waals surface area (Å²) in [7, 11) is 0. The van der Waals surface area contributed by atoms with E-state index in [2.05, 4.69) is 34.2 Å². The van der Waals surface area contributed by atoms with Crippen LogP contribution in [0, 0.1) is 0 Å². The molecule has 0 bridgehead atoms. The quantitative estimate of drug-likeness (QED) is 0.861. The molecule has 7 heteroatoms. The lowest BCUT2D eigenvalue weighted by molar-refractivity contribution is 0.485. The summed E-state index contributed by atoms with van der Waals surface area (Å²) < 4.78 is 3.60. The highest BCUT2D eigenvalue weighted by Gasteiger charge is 2.19. The van der Waals surface area contributed by atoms with Gasteiger partial charge in [-0.15, -0.1) is 5.10 Å². The molecule has 0 unspecified atom stereocenters. The number of rotatable bonds is 4. The second-order valence-electron chi connectivity index (χ2n) is 5.24. The first-order valence-corrected chi connectivity index (χ1v) is 5.96. The largest absolute Gasteiger partial charge is 0.320 e. The minimum absolute atomic E-state index is 0.274. The zero-order valence-electron chi connectivity index (χ0n) is 11.2. The Hall–Kier alpha value is -1.76. The molecule has 2 aromatic heterocycles. The van der Waals surface area contributed by atoms with Crippen molar-refractivity contribution < 1.29 is 0 Å². The first kappa shape index (κ1) is 12.7. The molecule has 18 heavy (non-hydrogen) atoms. The average molecular weight is 249 g/mol. The standard InChI is InChI=1S/C11H19N7/c1-8(2)18-10(13-7-14-18)6-17-5-9(15-16-17)11(3,4)12/h5,7-8H,6,12H2,1-4H3. The zero-order valence-corrected chi connectivity index (χ0v) is 11.2. The zero-order chi connectivity index (χ0) is 13.3. The molecule has 0 aliphatic rings. The SMILES string of the molecule is CC(C)n1ncnc1Cn1cc(C(C)(C)N)nn1. The van der Waals surface area contributed by atoms with E-state index in [9.17, 15) is 0 Å².